The highest BCUT2D eigenvalue weighted by molar-refractivity contribution is 7.15. The molecular formula is C14H16N2O3S. The predicted octanol–water partition coefficient (Wildman–Crippen LogP) is 2.75. The minimum absolute atomic E-state index is 0.105. The van der Waals surface area contributed by atoms with Crippen LogP contribution in [0, 0.1) is 10.1 Å². The molecule has 6 heteroatoms. The van der Waals surface area contributed by atoms with E-state index in [9.17, 15) is 10.1 Å². The summed E-state index contributed by atoms with van der Waals surface area (Å²) in [7, 11) is 1.96. The molecule has 5 nitrogen and oxygen atoms in total. The van der Waals surface area contributed by atoms with Crippen LogP contribution in [0.2, 0.25) is 0 Å². The molecule has 0 bridgehead atoms. The molecule has 2 aromatic rings. The third kappa shape index (κ3) is 3.63. The van der Waals surface area contributed by atoms with Crippen molar-refractivity contribution < 1.29 is 10.0 Å². The Morgan fingerprint density at radius 3 is 2.55 bits per heavy atom. The Kier molecular flexibility index (Phi) is 4.84. The van der Waals surface area contributed by atoms with Crippen molar-refractivity contribution in [2.75, 3.05) is 20.2 Å². The van der Waals surface area contributed by atoms with E-state index in [0.717, 1.165) is 17.0 Å². The molecule has 0 aliphatic rings. The number of aliphatic hydroxyl groups is 1. The first-order chi connectivity index (χ1) is 9.60. The summed E-state index contributed by atoms with van der Waals surface area (Å²) in [5.74, 6) is 0. The van der Waals surface area contributed by atoms with Gasteiger partial charge in [0.2, 0.25) is 0 Å². The molecular weight excluding hydrogens is 276 g/mol. The van der Waals surface area contributed by atoms with Crippen LogP contribution in [0.3, 0.4) is 0 Å². The number of rotatable bonds is 6. The molecule has 2 rings (SSSR count). The van der Waals surface area contributed by atoms with Crippen LogP contribution in [0.5, 0.6) is 0 Å². The second-order valence-electron chi connectivity index (χ2n) is 4.53. The second-order valence-corrected chi connectivity index (χ2v) is 5.70. The summed E-state index contributed by atoms with van der Waals surface area (Å²) in [6.07, 6.45) is 0. The molecule has 1 heterocycles. The molecule has 0 spiro atoms. The van der Waals surface area contributed by atoms with E-state index in [0.29, 0.717) is 6.54 Å². The number of nitro groups is 1. The number of non-ortho nitro benzene ring substituents is 1. The second kappa shape index (κ2) is 6.60. The Bertz CT molecular complexity index is 580. The van der Waals surface area contributed by atoms with Crippen LogP contribution in [0.15, 0.2) is 36.4 Å². The molecule has 0 radical (unpaired) electrons. The average molecular weight is 292 g/mol. The van der Waals surface area contributed by atoms with Gasteiger partial charge in [0.05, 0.1) is 11.5 Å². The van der Waals surface area contributed by atoms with Crippen LogP contribution < -0.4 is 0 Å². The number of likely N-dealkylation sites (N-methyl/N-ethyl adjacent to an activating group) is 1. The third-order valence-electron chi connectivity index (χ3n) is 2.93. The number of aliphatic hydroxyl groups excluding tert-OH is 1. The minimum atomic E-state index is -0.395. The van der Waals surface area contributed by atoms with E-state index >= 15 is 0 Å². The predicted molar refractivity (Wildman–Crippen MR) is 79.8 cm³/mol. The van der Waals surface area contributed by atoms with Gasteiger partial charge in [0, 0.05) is 35.0 Å². The fraction of sp³-hybridized carbons (Fsp3) is 0.286. The average Bonchev–Trinajstić information content (AvgIpc) is 2.87. The first kappa shape index (κ1) is 14.6. The van der Waals surface area contributed by atoms with Crippen LogP contribution in [-0.2, 0) is 6.54 Å². The number of nitro benzene ring substituents is 1. The van der Waals surface area contributed by atoms with Crippen molar-refractivity contribution in [1.29, 1.82) is 0 Å². The molecule has 0 amide bonds. The van der Waals surface area contributed by atoms with Crippen LogP contribution in [-0.4, -0.2) is 35.1 Å². The van der Waals surface area contributed by atoms with E-state index in [2.05, 4.69) is 6.07 Å². The summed E-state index contributed by atoms with van der Waals surface area (Å²) in [5.41, 5.74) is 1.09. The standard InChI is InChI=1S/C14H16N2O3S/c1-15(8-9-17)10-13-6-7-14(20-13)11-2-4-12(5-3-11)16(18)19/h2-7,17H,8-10H2,1H3. The van der Waals surface area contributed by atoms with Crippen LogP contribution in [0.4, 0.5) is 5.69 Å². The molecule has 1 aromatic carbocycles. The lowest BCUT2D eigenvalue weighted by Crippen LogP contribution is -2.20. The number of thiophene rings is 1. The van der Waals surface area contributed by atoms with Crippen molar-refractivity contribution >= 4 is 17.0 Å². The summed E-state index contributed by atoms with van der Waals surface area (Å²) < 4.78 is 0. The number of benzene rings is 1. The summed E-state index contributed by atoms with van der Waals surface area (Å²) >= 11 is 1.66. The van der Waals surface area contributed by atoms with Crippen LogP contribution >= 0.6 is 11.3 Å². The fourth-order valence-electron chi connectivity index (χ4n) is 1.88. The minimum Gasteiger partial charge on any atom is -0.395 e. The molecule has 0 saturated heterocycles. The maximum Gasteiger partial charge on any atom is 0.269 e. The topological polar surface area (TPSA) is 66.6 Å². The monoisotopic (exact) mass is 292 g/mol. The quantitative estimate of drug-likeness (QED) is 0.656. The molecule has 0 aliphatic heterocycles. The summed E-state index contributed by atoms with van der Waals surface area (Å²) in [6, 6.07) is 10.7. The van der Waals surface area contributed by atoms with Gasteiger partial charge in [-0.3, -0.25) is 15.0 Å². The lowest BCUT2D eigenvalue weighted by Gasteiger charge is -2.12. The van der Waals surface area contributed by atoms with Crippen molar-refractivity contribution in [1.82, 2.24) is 4.90 Å². The fourth-order valence-corrected chi connectivity index (χ4v) is 2.97. The van der Waals surface area contributed by atoms with E-state index in [1.54, 1.807) is 23.5 Å². The molecule has 0 fully saturated rings. The Morgan fingerprint density at radius 1 is 1.25 bits per heavy atom. The molecule has 106 valence electrons. The highest BCUT2D eigenvalue weighted by Gasteiger charge is 2.08. The maximum absolute atomic E-state index is 10.6. The molecule has 1 aromatic heterocycles. The van der Waals surface area contributed by atoms with Gasteiger partial charge in [-0.05, 0) is 36.9 Å². The van der Waals surface area contributed by atoms with Gasteiger partial charge in [0.1, 0.15) is 0 Å². The zero-order chi connectivity index (χ0) is 14.5. The highest BCUT2D eigenvalue weighted by Crippen LogP contribution is 2.29. The van der Waals surface area contributed by atoms with Gasteiger partial charge in [-0.1, -0.05) is 0 Å². The largest absolute Gasteiger partial charge is 0.395 e. The summed E-state index contributed by atoms with van der Waals surface area (Å²) in [5, 5.41) is 19.5. The third-order valence-corrected chi connectivity index (χ3v) is 4.05. The lowest BCUT2D eigenvalue weighted by molar-refractivity contribution is -0.384. The number of nitrogens with zero attached hydrogens (tertiary/aromatic N) is 2. The Labute approximate surface area is 121 Å². The van der Waals surface area contributed by atoms with Crippen LogP contribution in [0.1, 0.15) is 4.88 Å². The van der Waals surface area contributed by atoms with Crippen LogP contribution in [0.25, 0.3) is 10.4 Å². The molecule has 1 N–H and O–H groups in total. The first-order valence-corrected chi connectivity index (χ1v) is 7.05. The maximum atomic E-state index is 10.6. The molecule has 0 atom stereocenters. The van der Waals surface area contributed by atoms with Gasteiger partial charge >= 0.3 is 0 Å². The van der Waals surface area contributed by atoms with E-state index < -0.39 is 4.92 Å². The van der Waals surface area contributed by atoms with Gasteiger partial charge < -0.3 is 5.11 Å². The summed E-state index contributed by atoms with van der Waals surface area (Å²) in [6.45, 7) is 1.58. The smallest absolute Gasteiger partial charge is 0.269 e. The Balaban J connectivity index is 2.10. The van der Waals surface area contributed by atoms with Crippen molar-refractivity contribution in [3.63, 3.8) is 0 Å². The zero-order valence-electron chi connectivity index (χ0n) is 11.2. The van der Waals surface area contributed by atoms with Gasteiger partial charge in [-0.15, -0.1) is 11.3 Å². The number of hydrogen-bond acceptors (Lipinski definition) is 5. The van der Waals surface area contributed by atoms with E-state index in [4.69, 9.17) is 5.11 Å². The Morgan fingerprint density at radius 2 is 1.95 bits per heavy atom. The van der Waals surface area contributed by atoms with Crippen molar-refractivity contribution in [2.45, 2.75) is 6.54 Å². The molecule has 0 saturated carbocycles. The zero-order valence-corrected chi connectivity index (χ0v) is 12.0. The van der Waals surface area contributed by atoms with Gasteiger partial charge in [-0.2, -0.15) is 0 Å². The molecule has 0 unspecified atom stereocenters. The Hall–Kier alpha value is -1.76. The summed E-state index contributed by atoms with van der Waals surface area (Å²) in [4.78, 5) is 14.6. The molecule has 0 aliphatic carbocycles. The molecule has 20 heavy (non-hydrogen) atoms. The van der Waals surface area contributed by atoms with Gasteiger partial charge in [-0.25, -0.2) is 0 Å². The number of hydrogen-bond donors (Lipinski definition) is 1. The van der Waals surface area contributed by atoms with E-state index in [1.165, 1.54) is 17.0 Å². The van der Waals surface area contributed by atoms with Crippen molar-refractivity contribution in [3.05, 3.63) is 51.4 Å². The van der Waals surface area contributed by atoms with Gasteiger partial charge in [0.15, 0.2) is 0 Å². The van der Waals surface area contributed by atoms with E-state index in [1.807, 2.05) is 18.0 Å². The SMILES string of the molecule is CN(CCO)Cc1ccc(-c2ccc([N+](=O)[O-])cc2)s1. The highest BCUT2D eigenvalue weighted by atomic mass is 32.1. The normalized spacial score (nSPS) is 10.9. The van der Waals surface area contributed by atoms with Crippen molar-refractivity contribution in [2.24, 2.45) is 0 Å². The van der Waals surface area contributed by atoms with Crippen molar-refractivity contribution in [3.8, 4) is 10.4 Å². The first-order valence-electron chi connectivity index (χ1n) is 6.23. The lowest BCUT2D eigenvalue weighted by atomic mass is 10.2. The van der Waals surface area contributed by atoms with E-state index in [-0.39, 0.29) is 12.3 Å². The van der Waals surface area contributed by atoms with Gasteiger partial charge in [0.25, 0.3) is 5.69 Å².